The van der Waals surface area contributed by atoms with Crippen molar-refractivity contribution in [3.05, 3.63) is 35.0 Å². The fourth-order valence-corrected chi connectivity index (χ4v) is 2.19. The first-order valence-electron chi connectivity index (χ1n) is 5.24. The van der Waals surface area contributed by atoms with E-state index in [1.165, 1.54) is 0 Å². The minimum atomic E-state index is -0.122. The number of halogens is 1. The Morgan fingerprint density at radius 1 is 1.50 bits per heavy atom. The molecule has 0 aliphatic carbocycles. The molecule has 0 bridgehead atoms. The molecule has 1 aromatic carbocycles. The number of aromatic nitrogens is 1. The van der Waals surface area contributed by atoms with Gasteiger partial charge in [-0.05, 0) is 18.1 Å². The highest BCUT2D eigenvalue weighted by Crippen LogP contribution is 2.27. The van der Waals surface area contributed by atoms with Crippen molar-refractivity contribution in [1.29, 1.82) is 0 Å². The fraction of sp³-hybridized carbons (Fsp3) is 0.333. The Hall–Kier alpha value is -1.03. The maximum atomic E-state index is 8.86. The number of aliphatic hydroxyl groups excluding tert-OH is 1. The highest BCUT2D eigenvalue weighted by atomic mass is 35.5. The molecule has 3 N–H and O–H groups in total. The van der Waals surface area contributed by atoms with Gasteiger partial charge in [-0.3, -0.25) is 0 Å². The van der Waals surface area contributed by atoms with Gasteiger partial charge in [0, 0.05) is 36.8 Å². The van der Waals surface area contributed by atoms with Gasteiger partial charge < -0.3 is 15.4 Å². The van der Waals surface area contributed by atoms with Crippen LogP contribution in [0.1, 0.15) is 18.0 Å². The van der Waals surface area contributed by atoms with Crippen molar-refractivity contribution in [3.63, 3.8) is 0 Å². The van der Waals surface area contributed by atoms with Crippen LogP contribution in [0.15, 0.2) is 24.4 Å². The zero-order valence-electron chi connectivity index (χ0n) is 9.15. The number of hydrogen-bond donors (Lipinski definition) is 2. The first kappa shape index (κ1) is 11.5. The van der Waals surface area contributed by atoms with Crippen LogP contribution in [0.25, 0.3) is 10.9 Å². The number of aliphatic hydroxyl groups is 1. The van der Waals surface area contributed by atoms with Gasteiger partial charge in [-0.25, -0.2) is 0 Å². The molecule has 0 saturated heterocycles. The van der Waals surface area contributed by atoms with Crippen molar-refractivity contribution in [2.45, 2.75) is 12.5 Å². The molecule has 0 radical (unpaired) electrons. The molecule has 1 heterocycles. The highest BCUT2D eigenvalue weighted by molar-refractivity contribution is 6.35. The Morgan fingerprint density at radius 2 is 2.25 bits per heavy atom. The Bertz CT molecular complexity index is 507. The predicted octanol–water partition coefficient (Wildman–Crippen LogP) is 2.21. The average molecular weight is 239 g/mol. The third-order valence-electron chi connectivity index (χ3n) is 2.83. The number of fused-ring (bicyclic) bond motifs is 1. The molecule has 1 aromatic heterocycles. The van der Waals surface area contributed by atoms with Crippen molar-refractivity contribution < 1.29 is 5.11 Å². The zero-order chi connectivity index (χ0) is 11.7. The summed E-state index contributed by atoms with van der Waals surface area (Å²) in [5.41, 5.74) is 8.04. The molecule has 0 aliphatic rings. The lowest BCUT2D eigenvalue weighted by molar-refractivity contribution is 0.276. The second-order valence-electron chi connectivity index (χ2n) is 3.98. The van der Waals surface area contributed by atoms with Gasteiger partial charge in [-0.15, -0.1) is 0 Å². The third kappa shape index (κ3) is 1.94. The smallest absolute Gasteiger partial charge is 0.0661 e. The lowest BCUT2D eigenvalue weighted by atomic mass is 10.0. The van der Waals surface area contributed by atoms with Crippen LogP contribution in [0.5, 0.6) is 0 Å². The molecule has 0 spiro atoms. The minimum Gasteiger partial charge on any atom is -0.396 e. The summed E-state index contributed by atoms with van der Waals surface area (Å²) < 4.78 is 1.98. The zero-order valence-corrected chi connectivity index (χ0v) is 9.91. The van der Waals surface area contributed by atoms with Crippen molar-refractivity contribution in [2.24, 2.45) is 12.8 Å². The molecule has 0 fully saturated rings. The molecule has 4 heteroatoms. The predicted molar refractivity (Wildman–Crippen MR) is 66.6 cm³/mol. The van der Waals surface area contributed by atoms with E-state index in [2.05, 4.69) is 0 Å². The van der Waals surface area contributed by atoms with Gasteiger partial charge in [0.05, 0.1) is 5.02 Å². The van der Waals surface area contributed by atoms with Crippen molar-refractivity contribution in [1.82, 2.24) is 4.57 Å². The summed E-state index contributed by atoms with van der Waals surface area (Å²) in [4.78, 5) is 0. The van der Waals surface area contributed by atoms with E-state index < -0.39 is 0 Å². The van der Waals surface area contributed by atoms with E-state index in [0.29, 0.717) is 6.42 Å². The quantitative estimate of drug-likeness (QED) is 0.862. The maximum absolute atomic E-state index is 8.86. The Balaban J connectivity index is 2.47. The van der Waals surface area contributed by atoms with E-state index >= 15 is 0 Å². The number of rotatable bonds is 3. The van der Waals surface area contributed by atoms with Gasteiger partial charge in [0.1, 0.15) is 0 Å². The van der Waals surface area contributed by atoms with E-state index in [4.69, 9.17) is 22.4 Å². The fourth-order valence-electron chi connectivity index (χ4n) is 1.89. The van der Waals surface area contributed by atoms with Crippen LogP contribution in [-0.4, -0.2) is 16.3 Å². The van der Waals surface area contributed by atoms with Crippen LogP contribution in [0, 0.1) is 0 Å². The van der Waals surface area contributed by atoms with Crippen molar-refractivity contribution in [3.8, 4) is 0 Å². The molecule has 1 unspecified atom stereocenters. The van der Waals surface area contributed by atoms with Crippen LogP contribution in [0.4, 0.5) is 0 Å². The lowest BCUT2D eigenvalue weighted by Crippen LogP contribution is -2.11. The normalized spacial score (nSPS) is 13.2. The molecular formula is C12H15ClN2O. The van der Waals surface area contributed by atoms with Gasteiger partial charge in [-0.2, -0.15) is 0 Å². The third-order valence-corrected chi connectivity index (χ3v) is 3.14. The first-order chi connectivity index (χ1) is 7.63. The molecule has 2 rings (SSSR count). The van der Waals surface area contributed by atoms with Crippen molar-refractivity contribution in [2.75, 3.05) is 6.61 Å². The summed E-state index contributed by atoms with van der Waals surface area (Å²) in [7, 11) is 1.95. The van der Waals surface area contributed by atoms with Gasteiger partial charge in [0.25, 0.3) is 0 Å². The standard InChI is InChI=1S/C12H15ClN2O/c1-15-7-10(13)9-3-2-8(6-12(9)15)11(14)4-5-16/h2-3,6-7,11,16H,4-5,14H2,1H3. The molecule has 1 atom stereocenters. The second kappa shape index (κ2) is 4.45. The van der Waals surface area contributed by atoms with Gasteiger partial charge >= 0.3 is 0 Å². The molecule has 16 heavy (non-hydrogen) atoms. The highest BCUT2D eigenvalue weighted by Gasteiger charge is 2.09. The number of hydrogen-bond acceptors (Lipinski definition) is 2. The lowest BCUT2D eigenvalue weighted by Gasteiger charge is -2.10. The van der Waals surface area contributed by atoms with Crippen LogP contribution in [0.2, 0.25) is 5.02 Å². The average Bonchev–Trinajstić information content (AvgIpc) is 2.55. The number of aryl methyl sites for hydroxylation is 1. The molecule has 0 aliphatic heterocycles. The van der Waals surface area contributed by atoms with Crippen LogP contribution >= 0.6 is 11.6 Å². The van der Waals surface area contributed by atoms with E-state index in [1.807, 2.05) is 36.0 Å². The monoisotopic (exact) mass is 238 g/mol. The topological polar surface area (TPSA) is 51.2 Å². The van der Waals surface area contributed by atoms with Gasteiger partial charge in [0.15, 0.2) is 0 Å². The van der Waals surface area contributed by atoms with E-state index in [9.17, 15) is 0 Å². The van der Waals surface area contributed by atoms with Crippen molar-refractivity contribution >= 4 is 22.5 Å². The van der Waals surface area contributed by atoms with Crippen LogP contribution in [-0.2, 0) is 7.05 Å². The summed E-state index contributed by atoms with van der Waals surface area (Å²) in [5.74, 6) is 0. The summed E-state index contributed by atoms with van der Waals surface area (Å²) in [5, 5.41) is 10.6. The molecule has 3 nitrogen and oxygen atoms in total. The molecule has 0 amide bonds. The van der Waals surface area contributed by atoms with Gasteiger partial charge in [-0.1, -0.05) is 23.7 Å². The summed E-state index contributed by atoms with van der Waals surface area (Å²) in [6, 6.07) is 5.85. The molecular weight excluding hydrogens is 224 g/mol. The maximum Gasteiger partial charge on any atom is 0.0661 e. The number of benzene rings is 1. The summed E-state index contributed by atoms with van der Waals surface area (Å²) in [6.07, 6.45) is 2.46. The van der Waals surface area contributed by atoms with Crippen LogP contribution in [0.3, 0.4) is 0 Å². The van der Waals surface area contributed by atoms with Crippen LogP contribution < -0.4 is 5.73 Å². The number of nitrogens with zero attached hydrogens (tertiary/aromatic N) is 1. The SMILES string of the molecule is Cn1cc(Cl)c2ccc(C(N)CCO)cc21. The van der Waals surface area contributed by atoms with E-state index in [0.717, 1.165) is 21.5 Å². The van der Waals surface area contributed by atoms with E-state index in [1.54, 1.807) is 0 Å². The Labute approximate surface area is 99.4 Å². The molecule has 2 aromatic rings. The van der Waals surface area contributed by atoms with Gasteiger partial charge in [0.2, 0.25) is 0 Å². The summed E-state index contributed by atoms with van der Waals surface area (Å²) in [6.45, 7) is 0.104. The molecule has 86 valence electrons. The molecule has 0 saturated carbocycles. The summed E-state index contributed by atoms with van der Waals surface area (Å²) >= 11 is 6.08. The Morgan fingerprint density at radius 3 is 2.94 bits per heavy atom. The largest absolute Gasteiger partial charge is 0.396 e. The van der Waals surface area contributed by atoms with E-state index in [-0.39, 0.29) is 12.6 Å². The second-order valence-corrected chi connectivity index (χ2v) is 4.39. The minimum absolute atomic E-state index is 0.104. The number of nitrogens with two attached hydrogens (primary N) is 1. The first-order valence-corrected chi connectivity index (χ1v) is 5.62. The Kier molecular flexibility index (Phi) is 3.19.